The average molecular weight is 594 g/mol. The van der Waals surface area contributed by atoms with Crippen LogP contribution in [-0.4, -0.2) is 20.9 Å². The molecule has 3 N–H and O–H groups in total. The molecule has 1 aliphatic carbocycles. The lowest BCUT2D eigenvalue weighted by Crippen LogP contribution is -2.36. The summed E-state index contributed by atoms with van der Waals surface area (Å²) in [5.74, 6) is -0.116. The second kappa shape index (κ2) is 13.5. The lowest BCUT2D eigenvalue weighted by Gasteiger charge is -2.28. The van der Waals surface area contributed by atoms with Gasteiger partial charge in [0.1, 0.15) is 5.82 Å². The van der Waals surface area contributed by atoms with E-state index in [1.807, 2.05) is 0 Å². The van der Waals surface area contributed by atoms with E-state index >= 15 is 0 Å². The first kappa shape index (κ1) is 31.9. The maximum Gasteiger partial charge on any atom is 0.241 e. The Morgan fingerprint density at radius 1 is 1.00 bits per heavy atom. The number of hydrogen-bond donors (Lipinski definition) is 3. The summed E-state index contributed by atoms with van der Waals surface area (Å²) >= 11 is 0. The highest BCUT2D eigenvalue weighted by Gasteiger charge is 2.27. The van der Waals surface area contributed by atoms with E-state index in [-0.39, 0.29) is 28.7 Å². The largest absolute Gasteiger partial charge is 0.349 e. The predicted molar refractivity (Wildman–Crippen MR) is 166 cm³/mol. The molecule has 6 nitrogen and oxygen atoms in total. The minimum atomic E-state index is -3.96. The van der Waals surface area contributed by atoms with Crippen LogP contribution in [0, 0.1) is 11.7 Å². The molecule has 42 heavy (non-hydrogen) atoms. The van der Waals surface area contributed by atoms with Gasteiger partial charge in [0.2, 0.25) is 15.9 Å². The number of amides is 1. The SMILES string of the molecule is CC(C)CNCc1ccc2c(c1)CCC[C@H]2NC(=O)C[C@@H](NS(=O)(=O)c1ccc(C(C)(C)C)cc1)c1ccc(F)cc1. The lowest BCUT2D eigenvalue weighted by molar-refractivity contribution is -0.122. The number of halogens is 1. The van der Waals surface area contributed by atoms with Gasteiger partial charge < -0.3 is 10.6 Å². The molecule has 226 valence electrons. The molecule has 1 aliphatic rings. The van der Waals surface area contributed by atoms with Crippen molar-refractivity contribution in [2.45, 2.75) is 89.2 Å². The van der Waals surface area contributed by atoms with Gasteiger partial charge in [0.15, 0.2) is 0 Å². The van der Waals surface area contributed by atoms with Gasteiger partial charge >= 0.3 is 0 Å². The second-order valence-electron chi connectivity index (χ2n) is 12.8. The summed E-state index contributed by atoms with van der Waals surface area (Å²) in [6.45, 7) is 12.3. The molecule has 0 saturated heterocycles. The highest BCUT2D eigenvalue weighted by molar-refractivity contribution is 7.89. The van der Waals surface area contributed by atoms with Crippen LogP contribution < -0.4 is 15.4 Å². The maximum absolute atomic E-state index is 13.7. The summed E-state index contributed by atoms with van der Waals surface area (Å²) in [4.78, 5) is 13.5. The number of fused-ring (bicyclic) bond motifs is 1. The van der Waals surface area contributed by atoms with Gasteiger partial charge in [-0.05, 0) is 89.2 Å². The van der Waals surface area contributed by atoms with Crippen molar-refractivity contribution in [2.24, 2.45) is 5.92 Å². The van der Waals surface area contributed by atoms with E-state index in [1.54, 1.807) is 24.3 Å². The van der Waals surface area contributed by atoms with Crippen LogP contribution in [0.25, 0.3) is 0 Å². The van der Waals surface area contributed by atoms with Crippen molar-refractivity contribution in [3.8, 4) is 0 Å². The second-order valence-corrected chi connectivity index (χ2v) is 14.5. The molecular weight excluding hydrogens is 549 g/mol. The van der Waals surface area contributed by atoms with E-state index in [0.717, 1.165) is 43.5 Å². The van der Waals surface area contributed by atoms with Gasteiger partial charge in [0.05, 0.1) is 17.0 Å². The molecule has 0 aromatic heterocycles. The van der Waals surface area contributed by atoms with Crippen LogP contribution in [0.1, 0.15) is 93.8 Å². The van der Waals surface area contributed by atoms with Crippen molar-refractivity contribution in [1.29, 1.82) is 0 Å². The van der Waals surface area contributed by atoms with Crippen LogP contribution in [0.5, 0.6) is 0 Å². The van der Waals surface area contributed by atoms with Crippen molar-refractivity contribution in [3.63, 3.8) is 0 Å². The van der Waals surface area contributed by atoms with Crippen LogP contribution in [0.4, 0.5) is 4.39 Å². The van der Waals surface area contributed by atoms with E-state index in [9.17, 15) is 17.6 Å². The number of aryl methyl sites for hydroxylation is 1. The van der Waals surface area contributed by atoms with Gasteiger partial charge in [0.25, 0.3) is 0 Å². The predicted octanol–water partition coefficient (Wildman–Crippen LogP) is 6.47. The Hall–Kier alpha value is -3.07. The lowest BCUT2D eigenvalue weighted by atomic mass is 9.86. The molecule has 0 unspecified atom stereocenters. The Labute approximate surface area is 250 Å². The third kappa shape index (κ3) is 8.49. The van der Waals surface area contributed by atoms with Crippen LogP contribution >= 0.6 is 0 Å². The van der Waals surface area contributed by atoms with Crippen molar-refractivity contribution in [2.75, 3.05) is 6.54 Å². The molecular formula is C34H44FN3O3S. The molecule has 0 bridgehead atoms. The molecule has 0 saturated carbocycles. The van der Waals surface area contributed by atoms with Crippen LogP contribution in [0.15, 0.2) is 71.6 Å². The molecule has 0 fully saturated rings. The quantitative estimate of drug-likeness (QED) is 0.238. The minimum Gasteiger partial charge on any atom is -0.349 e. The standard InChI is InChI=1S/C34H44FN3O3S/c1-23(2)21-36-22-24-9-18-30-26(19-24)7-6-8-31(30)37-33(39)20-32(25-10-14-28(35)15-11-25)38-42(40,41)29-16-12-27(13-17-29)34(3,4)5/h9-19,23,31-32,36,38H,6-8,20-22H2,1-5H3,(H,37,39)/t31-,32-/m1/s1. The average Bonchev–Trinajstić information content (AvgIpc) is 2.92. The summed E-state index contributed by atoms with van der Waals surface area (Å²) in [6.07, 6.45) is 2.62. The Kier molecular flexibility index (Phi) is 10.2. The fourth-order valence-electron chi connectivity index (χ4n) is 5.38. The normalized spacial score (nSPS) is 16.2. The third-order valence-electron chi connectivity index (χ3n) is 7.73. The molecule has 0 spiro atoms. The molecule has 2 atom stereocenters. The van der Waals surface area contributed by atoms with Crippen LogP contribution in [-0.2, 0) is 33.2 Å². The molecule has 4 rings (SSSR count). The number of carbonyl (C=O) groups is 1. The number of carbonyl (C=O) groups excluding carboxylic acids is 1. The van der Waals surface area contributed by atoms with Crippen molar-refractivity contribution >= 4 is 15.9 Å². The Balaban J connectivity index is 1.49. The number of benzene rings is 3. The fourth-order valence-corrected chi connectivity index (χ4v) is 6.61. The zero-order valence-electron chi connectivity index (χ0n) is 25.3. The molecule has 8 heteroatoms. The van der Waals surface area contributed by atoms with E-state index < -0.39 is 21.9 Å². The zero-order valence-corrected chi connectivity index (χ0v) is 26.2. The summed E-state index contributed by atoms with van der Waals surface area (Å²) in [6, 6.07) is 17.8. The Bertz CT molecular complexity index is 1460. The smallest absolute Gasteiger partial charge is 0.241 e. The van der Waals surface area contributed by atoms with Gasteiger partial charge in [-0.3, -0.25) is 4.79 Å². The van der Waals surface area contributed by atoms with E-state index in [0.29, 0.717) is 11.5 Å². The zero-order chi connectivity index (χ0) is 30.5. The molecule has 3 aromatic carbocycles. The van der Waals surface area contributed by atoms with Gasteiger partial charge in [-0.25, -0.2) is 17.5 Å². The first-order valence-electron chi connectivity index (χ1n) is 14.8. The monoisotopic (exact) mass is 593 g/mol. The molecule has 0 radical (unpaired) electrons. The summed E-state index contributed by atoms with van der Waals surface area (Å²) < 4.78 is 43.2. The number of nitrogens with one attached hydrogen (secondary N) is 3. The maximum atomic E-state index is 13.7. The third-order valence-corrected chi connectivity index (χ3v) is 9.22. The summed E-state index contributed by atoms with van der Waals surface area (Å²) in [5.41, 5.74) is 4.99. The molecule has 1 amide bonds. The van der Waals surface area contributed by atoms with Gasteiger partial charge in [-0.1, -0.05) is 77.1 Å². The first-order chi connectivity index (χ1) is 19.8. The van der Waals surface area contributed by atoms with Gasteiger partial charge in [-0.2, -0.15) is 0 Å². The number of rotatable bonds is 11. The fraction of sp³-hybridized carbons (Fsp3) is 0.441. The first-order valence-corrected chi connectivity index (χ1v) is 16.3. The van der Waals surface area contributed by atoms with E-state index in [1.165, 1.54) is 35.4 Å². The molecule has 0 aliphatic heterocycles. The minimum absolute atomic E-state index is 0.114. The van der Waals surface area contributed by atoms with Crippen molar-refractivity contribution in [1.82, 2.24) is 15.4 Å². The van der Waals surface area contributed by atoms with Gasteiger partial charge in [0, 0.05) is 13.0 Å². The van der Waals surface area contributed by atoms with Crippen molar-refractivity contribution in [3.05, 3.63) is 100 Å². The molecule has 0 heterocycles. The van der Waals surface area contributed by atoms with Gasteiger partial charge in [-0.15, -0.1) is 0 Å². The summed E-state index contributed by atoms with van der Waals surface area (Å²) in [5, 5.41) is 6.63. The number of sulfonamides is 1. The summed E-state index contributed by atoms with van der Waals surface area (Å²) in [7, 11) is -3.96. The highest BCUT2D eigenvalue weighted by atomic mass is 32.2. The van der Waals surface area contributed by atoms with E-state index in [4.69, 9.17) is 0 Å². The topological polar surface area (TPSA) is 87.3 Å². The number of hydrogen-bond acceptors (Lipinski definition) is 4. The Morgan fingerprint density at radius 3 is 2.33 bits per heavy atom. The molecule has 3 aromatic rings. The van der Waals surface area contributed by atoms with Crippen molar-refractivity contribution < 1.29 is 17.6 Å². The van der Waals surface area contributed by atoms with Crippen LogP contribution in [0.3, 0.4) is 0 Å². The van der Waals surface area contributed by atoms with Crippen LogP contribution in [0.2, 0.25) is 0 Å². The Morgan fingerprint density at radius 2 is 1.69 bits per heavy atom. The highest BCUT2D eigenvalue weighted by Crippen LogP contribution is 2.31. The van der Waals surface area contributed by atoms with E-state index in [2.05, 4.69) is 68.2 Å².